The van der Waals surface area contributed by atoms with Crippen molar-refractivity contribution in [3.8, 4) is 0 Å². The Kier molecular flexibility index (Phi) is 4.93. The average molecular weight is 353 g/mol. The van der Waals surface area contributed by atoms with E-state index in [0.29, 0.717) is 5.69 Å². The largest absolute Gasteiger partial charge is 0.355 e. The molecule has 3 rings (SSSR count). The van der Waals surface area contributed by atoms with Crippen LogP contribution in [-0.2, 0) is 0 Å². The molecule has 0 fully saturated rings. The summed E-state index contributed by atoms with van der Waals surface area (Å²) in [5, 5.41) is 5.41. The summed E-state index contributed by atoms with van der Waals surface area (Å²) in [5.41, 5.74) is 3.37. The van der Waals surface area contributed by atoms with Gasteiger partial charge in [0.05, 0.1) is 0 Å². The van der Waals surface area contributed by atoms with Crippen molar-refractivity contribution in [3.05, 3.63) is 83.2 Å². The summed E-state index contributed by atoms with van der Waals surface area (Å²) in [6.45, 7) is 4.03. The standard InChI is InChI=1S/C20H17F2N3O/c1-12-6-7-14(10-13(12)2)24-15-8-9-23-18(11-15)20(26)25-19-16(21)4-3-5-17(19)22/h3-11H,1-2H3,(H,23,24)(H,25,26). The van der Waals surface area contributed by atoms with Crippen molar-refractivity contribution in [2.45, 2.75) is 13.8 Å². The summed E-state index contributed by atoms with van der Waals surface area (Å²) in [7, 11) is 0. The number of pyridine rings is 1. The maximum atomic E-state index is 13.7. The van der Waals surface area contributed by atoms with Crippen LogP contribution >= 0.6 is 0 Å². The van der Waals surface area contributed by atoms with E-state index in [4.69, 9.17) is 0 Å². The summed E-state index contributed by atoms with van der Waals surface area (Å²) in [6, 6.07) is 12.5. The maximum absolute atomic E-state index is 13.7. The Morgan fingerprint density at radius 1 is 0.923 bits per heavy atom. The van der Waals surface area contributed by atoms with Gasteiger partial charge in [0, 0.05) is 17.6 Å². The number of hydrogen-bond donors (Lipinski definition) is 2. The van der Waals surface area contributed by atoms with E-state index in [-0.39, 0.29) is 5.69 Å². The minimum Gasteiger partial charge on any atom is -0.355 e. The zero-order valence-corrected chi connectivity index (χ0v) is 14.3. The lowest BCUT2D eigenvalue weighted by atomic mass is 10.1. The van der Waals surface area contributed by atoms with Crippen LogP contribution in [0.1, 0.15) is 21.6 Å². The average Bonchev–Trinajstić information content (AvgIpc) is 2.61. The number of halogens is 2. The van der Waals surface area contributed by atoms with Gasteiger partial charge in [-0.05, 0) is 61.4 Å². The molecule has 3 aromatic rings. The fraction of sp³-hybridized carbons (Fsp3) is 0.100. The molecule has 0 aliphatic rings. The van der Waals surface area contributed by atoms with Crippen LogP contribution in [0.2, 0.25) is 0 Å². The zero-order valence-electron chi connectivity index (χ0n) is 14.3. The second-order valence-electron chi connectivity index (χ2n) is 5.90. The zero-order chi connectivity index (χ0) is 18.7. The van der Waals surface area contributed by atoms with Crippen molar-refractivity contribution in [2.75, 3.05) is 10.6 Å². The molecule has 4 nitrogen and oxygen atoms in total. The van der Waals surface area contributed by atoms with Gasteiger partial charge in [0.2, 0.25) is 0 Å². The number of carbonyl (C=O) groups excluding carboxylic acids is 1. The fourth-order valence-electron chi connectivity index (χ4n) is 2.41. The van der Waals surface area contributed by atoms with Crippen molar-refractivity contribution < 1.29 is 13.6 Å². The molecular formula is C20H17F2N3O. The van der Waals surface area contributed by atoms with Gasteiger partial charge in [-0.25, -0.2) is 8.78 Å². The summed E-state index contributed by atoms with van der Waals surface area (Å²) in [6.07, 6.45) is 1.45. The first kappa shape index (κ1) is 17.5. The number of para-hydroxylation sites is 1. The Labute approximate surface area is 149 Å². The van der Waals surface area contributed by atoms with E-state index in [0.717, 1.165) is 23.4 Å². The van der Waals surface area contributed by atoms with E-state index in [2.05, 4.69) is 15.6 Å². The molecule has 2 aromatic carbocycles. The lowest BCUT2D eigenvalue weighted by molar-refractivity contribution is 0.102. The SMILES string of the molecule is Cc1ccc(Nc2ccnc(C(=O)Nc3c(F)cccc3F)c2)cc1C. The molecule has 0 aliphatic heterocycles. The lowest BCUT2D eigenvalue weighted by Gasteiger charge is -2.10. The Hall–Kier alpha value is -3.28. The normalized spacial score (nSPS) is 10.5. The smallest absolute Gasteiger partial charge is 0.274 e. The second kappa shape index (κ2) is 7.31. The van der Waals surface area contributed by atoms with Gasteiger partial charge >= 0.3 is 0 Å². The van der Waals surface area contributed by atoms with Gasteiger partial charge in [-0.1, -0.05) is 12.1 Å². The Bertz CT molecular complexity index is 953. The van der Waals surface area contributed by atoms with Crippen LogP contribution in [0.25, 0.3) is 0 Å². The molecule has 0 unspecified atom stereocenters. The molecule has 0 radical (unpaired) electrons. The van der Waals surface area contributed by atoms with Crippen LogP contribution in [0, 0.1) is 25.5 Å². The van der Waals surface area contributed by atoms with Gasteiger partial charge in [-0.3, -0.25) is 9.78 Å². The van der Waals surface area contributed by atoms with Gasteiger partial charge in [0.1, 0.15) is 23.0 Å². The van der Waals surface area contributed by atoms with Gasteiger partial charge in [0.25, 0.3) is 5.91 Å². The van der Waals surface area contributed by atoms with Crippen LogP contribution in [-0.4, -0.2) is 10.9 Å². The number of nitrogens with zero attached hydrogens (tertiary/aromatic N) is 1. The molecule has 0 spiro atoms. The molecule has 0 atom stereocenters. The van der Waals surface area contributed by atoms with E-state index in [9.17, 15) is 13.6 Å². The molecule has 0 aliphatic carbocycles. The first-order valence-electron chi connectivity index (χ1n) is 8.00. The molecule has 132 valence electrons. The summed E-state index contributed by atoms with van der Waals surface area (Å²) >= 11 is 0. The molecular weight excluding hydrogens is 336 g/mol. The number of amides is 1. The third-order valence-electron chi connectivity index (χ3n) is 3.99. The third-order valence-corrected chi connectivity index (χ3v) is 3.99. The number of hydrogen-bond acceptors (Lipinski definition) is 3. The van der Waals surface area contributed by atoms with E-state index in [1.807, 2.05) is 32.0 Å². The first-order valence-corrected chi connectivity index (χ1v) is 8.00. The Balaban J connectivity index is 1.80. The quantitative estimate of drug-likeness (QED) is 0.696. The minimum atomic E-state index is -0.845. The van der Waals surface area contributed by atoms with Crippen molar-refractivity contribution in [2.24, 2.45) is 0 Å². The number of aromatic nitrogens is 1. The number of benzene rings is 2. The Morgan fingerprint density at radius 2 is 1.62 bits per heavy atom. The minimum absolute atomic E-state index is 0.0430. The van der Waals surface area contributed by atoms with E-state index in [1.165, 1.54) is 23.9 Å². The number of aryl methyl sites for hydroxylation is 2. The first-order chi connectivity index (χ1) is 12.4. The van der Waals surface area contributed by atoms with Gasteiger partial charge in [-0.2, -0.15) is 0 Å². The van der Waals surface area contributed by atoms with Crippen LogP contribution in [0.5, 0.6) is 0 Å². The number of nitrogens with one attached hydrogen (secondary N) is 2. The number of rotatable bonds is 4. The monoisotopic (exact) mass is 353 g/mol. The van der Waals surface area contributed by atoms with Gasteiger partial charge < -0.3 is 10.6 Å². The van der Waals surface area contributed by atoms with E-state index in [1.54, 1.807) is 6.07 Å². The molecule has 1 aromatic heterocycles. The lowest BCUT2D eigenvalue weighted by Crippen LogP contribution is -2.16. The molecule has 6 heteroatoms. The Morgan fingerprint density at radius 3 is 2.31 bits per heavy atom. The second-order valence-corrected chi connectivity index (χ2v) is 5.90. The molecule has 0 saturated carbocycles. The third kappa shape index (κ3) is 3.85. The highest BCUT2D eigenvalue weighted by Crippen LogP contribution is 2.21. The maximum Gasteiger partial charge on any atom is 0.274 e. The summed E-state index contributed by atoms with van der Waals surface area (Å²) in [5.74, 6) is -2.39. The van der Waals surface area contributed by atoms with Crippen molar-refractivity contribution in [1.82, 2.24) is 4.98 Å². The number of carbonyl (C=O) groups is 1. The molecule has 1 amide bonds. The van der Waals surface area contributed by atoms with Crippen molar-refractivity contribution in [1.29, 1.82) is 0 Å². The predicted molar refractivity (Wildman–Crippen MR) is 97.7 cm³/mol. The van der Waals surface area contributed by atoms with Crippen LogP contribution < -0.4 is 10.6 Å². The van der Waals surface area contributed by atoms with E-state index >= 15 is 0 Å². The predicted octanol–water partition coefficient (Wildman–Crippen LogP) is 4.97. The topological polar surface area (TPSA) is 54.0 Å². The molecule has 2 N–H and O–H groups in total. The fourth-order valence-corrected chi connectivity index (χ4v) is 2.41. The van der Waals surface area contributed by atoms with Crippen LogP contribution in [0.3, 0.4) is 0 Å². The van der Waals surface area contributed by atoms with Crippen LogP contribution in [0.15, 0.2) is 54.7 Å². The molecule has 0 bridgehead atoms. The highest BCUT2D eigenvalue weighted by atomic mass is 19.1. The van der Waals surface area contributed by atoms with Crippen LogP contribution in [0.4, 0.5) is 25.8 Å². The van der Waals surface area contributed by atoms with Crippen molar-refractivity contribution in [3.63, 3.8) is 0 Å². The molecule has 26 heavy (non-hydrogen) atoms. The van der Waals surface area contributed by atoms with E-state index < -0.39 is 23.2 Å². The highest BCUT2D eigenvalue weighted by molar-refractivity contribution is 6.03. The summed E-state index contributed by atoms with van der Waals surface area (Å²) in [4.78, 5) is 16.3. The van der Waals surface area contributed by atoms with Gasteiger partial charge in [-0.15, -0.1) is 0 Å². The number of anilines is 3. The highest BCUT2D eigenvalue weighted by Gasteiger charge is 2.14. The van der Waals surface area contributed by atoms with Crippen molar-refractivity contribution >= 4 is 23.0 Å². The summed E-state index contributed by atoms with van der Waals surface area (Å²) < 4.78 is 27.4. The molecule has 0 saturated heterocycles. The van der Waals surface area contributed by atoms with Gasteiger partial charge in [0.15, 0.2) is 0 Å². The molecule has 1 heterocycles.